The molecule has 0 saturated carbocycles. The first kappa shape index (κ1) is 9.30. The summed E-state index contributed by atoms with van der Waals surface area (Å²) in [6.07, 6.45) is 3.16. The van der Waals surface area contributed by atoms with Crippen molar-refractivity contribution in [1.29, 1.82) is 0 Å². The molecule has 1 fully saturated rings. The third-order valence-corrected chi connectivity index (χ3v) is 2.60. The number of carbonyl (C=O) groups is 1. The Hall–Kier alpha value is -0.790. The van der Waals surface area contributed by atoms with Crippen LogP contribution in [-0.4, -0.2) is 23.9 Å². The highest BCUT2D eigenvalue weighted by Gasteiger charge is 2.26. The maximum atomic E-state index is 10.6. The first-order chi connectivity index (χ1) is 5.66. The fraction of sp³-hybridized carbons (Fsp3) is 0.700. The molecule has 1 aliphatic rings. The topological polar surface area (TPSA) is 20.3 Å². The monoisotopic (exact) mass is 167 g/mol. The molecule has 2 nitrogen and oxygen atoms in total. The summed E-state index contributed by atoms with van der Waals surface area (Å²) in [4.78, 5) is 12.5. The molecule has 2 heteroatoms. The highest BCUT2D eigenvalue weighted by molar-refractivity contribution is 5.49. The van der Waals surface area contributed by atoms with Crippen LogP contribution in [0.5, 0.6) is 0 Å². The van der Waals surface area contributed by atoms with E-state index in [0.29, 0.717) is 12.0 Å². The van der Waals surface area contributed by atoms with Gasteiger partial charge in [0.2, 0.25) is 6.41 Å². The van der Waals surface area contributed by atoms with E-state index in [0.717, 1.165) is 25.8 Å². The van der Waals surface area contributed by atoms with E-state index < -0.39 is 0 Å². The summed E-state index contributed by atoms with van der Waals surface area (Å²) in [6.45, 7) is 9.19. The number of likely N-dealkylation sites (tertiary alicyclic amines) is 1. The maximum Gasteiger partial charge on any atom is 0.210 e. The Kier molecular flexibility index (Phi) is 2.90. The van der Waals surface area contributed by atoms with Gasteiger partial charge in [-0.15, -0.1) is 0 Å². The molecule has 0 aromatic heterocycles. The molecule has 0 aromatic rings. The summed E-state index contributed by atoms with van der Waals surface area (Å²) in [7, 11) is 0. The second kappa shape index (κ2) is 3.74. The Labute approximate surface area is 74.2 Å². The van der Waals surface area contributed by atoms with Crippen LogP contribution >= 0.6 is 0 Å². The molecule has 68 valence electrons. The first-order valence-electron chi connectivity index (χ1n) is 4.56. The summed E-state index contributed by atoms with van der Waals surface area (Å²) >= 11 is 0. The van der Waals surface area contributed by atoms with Gasteiger partial charge in [0.05, 0.1) is 6.04 Å². The van der Waals surface area contributed by atoms with Gasteiger partial charge < -0.3 is 4.90 Å². The molecule has 0 bridgehead atoms. The average molecular weight is 167 g/mol. The third-order valence-electron chi connectivity index (χ3n) is 2.60. The van der Waals surface area contributed by atoms with E-state index in [1.807, 2.05) is 4.90 Å². The molecule has 1 saturated heterocycles. The highest BCUT2D eigenvalue weighted by atomic mass is 16.1. The molecule has 0 aliphatic carbocycles. The van der Waals surface area contributed by atoms with Crippen LogP contribution in [0, 0.1) is 5.92 Å². The molecular weight excluding hydrogens is 150 g/mol. The summed E-state index contributed by atoms with van der Waals surface area (Å²) in [5, 5.41) is 0. The molecule has 1 heterocycles. The summed E-state index contributed by atoms with van der Waals surface area (Å²) in [5.74, 6) is 0.482. The quantitative estimate of drug-likeness (QED) is 0.464. The van der Waals surface area contributed by atoms with Crippen molar-refractivity contribution in [2.45, 2.75) is 32.7 Å². The second-order valence-electron chi connectivity index (χ2n) is 3.73. The summed E-state index contributed by atoms with van der Waals surface area (Å²) < 4.78 is 0. The number of hydrogen-bond donors (Lipinski definition) is 0. The molecule has 0 radical (unpaired) electrons. The van der Waals surface area contributed by atoms with Crippen LogP contribution in [0.3, 0.4) is 0 Å². The van der Waals surface area contributed by atoms with Gasteiger partial charge in [0.1, 0.15) is 0 Å². The van der Waals surface area contributed by atoms with Gasteiger partial charge in [0, 0.05) is 6.54 Å². The van der Waals surface area contributed by atoms with Crippen LogP contribution in [-0.2, 0) is 4.79 Å². The Morgan fingerprint density at radius 1 is 1.67 bits per heavy atom. The smallest absolute Gasteiger partial charge is 0.210 e. The minimum absolute atomic E-state index is 0.308. The van der Waals surface area contributed by atoms with Crippen molar-refractivity contribution in [2.24, 2.45) is 5.92 Å². The van der Waals surface area contributed by atoms with E-state index in [9.17, 15) is 4.79 Å². The molecule has 1 aliphatic heterocycles. The summed E-state index contributed by atoms with van der Waals surface area (Å²) in [6, 6.07) is 0.308. The lowest BCUT2D eigenvalue weighted by atomic mass is 9.96. The fourth-order valence-electron chi connectivity index (χ4n) is 1.70. The second-order valence-corrected chi connectivity index (χ2v) is 3.73. The first-order valence-corrected chi connectivity index (χ1v) is 4.56. The zero-order valence-corrected chi connectivity index (χ0v) is 7.92. The fourth-order valence-corrected chi connectivity index (χ4v) is 1.70. The van der Waals surface area contributed by atoms with Gasteiger partial charge in [-0.2, -0.15) is 0 Å². The van der Waals surface area contributed by atoms with Gasteiger partial charge in [-0.3, -0.25) is 4.79 Å². The Morgan fingerprint density at radius 2 is 2.33 bits per heavy atom. The highest BCUT2D eigenvalue weighted by Crippen LogP contribution is 2.25. The predicted molar refractivity (Wildman–Crippen MR) is 49.8 cm³/mol. The SMILES string of the molecule is C=C(C(C)C)C1CCCN1C=O. The van der Waals surface area contributed by atoms with Crippen molar-refractivity contribution in [2.75, 3.05) is 6.54 Å². The lowest BCUT2D eigenvalue weighted by molar-refractivity contribution is -0.118. The molecule has 0 aromatic carbocycles. The van der Waals surface area contributed by atoms with Crippen LogP contribution < -0.4 is 0 Å². The molecule has 0 N–H and O–H groups in total. The van der Waals surface area contributed by atoms with Crippen molar-refractivity contribution in [1.82, 2.24) is 4.90 Å². The van der Waals surface area contributed by atoms with Crippen LogP contribution in [0.1, 0.15) is 26.7 Å². The van der Waals surface area contributed by atoms with Crippen LogP contribution in [0.15, 0.2) is 12.2 Å². The van der Waals surface area contributed by atoms with Gasteiger partial charge in [-0.1, -0.05) is 26.0 Å². The summed E-state index contributed by atoms with van der Waals surface area (Å²) in [5.41, 5.74) is 1.19. The normalized spacial score (nSPS) is 23.2. The van der Waals surface area contributed by atoms with Crippen LogP contribution in [0.25, 0.3) is 0 Å². The van der Waals surface area contributed by atoms with Gasteiger partial charge >= 0.3 is 0 Å². The van der Waals surface area contributed by atoms with Crippen molar-refractivity contribution in [3.8, 4) is 0 Å². The maximum absolute atomic E-state index is 10.6. The zero-order valence-electron chi connectivity index (χ0n) is 7.92. The molecule has 1 amide bonds. The molecule has 12 heavy (non-hydrogen) atoms. The van der Waals surface area contributed by atoms with Crippen molar-refractivity contribution in [3.63, 3.8) is 0 Å². The number of nitrogens with zero attached hydrogens (tertiary/aromatic N) is 1. The molecule has 1 unspecified atom stereocenters. The molecule has 1 rings (SSSR count). The average Bonchev–Trinajstić information content (AvgIpc) is 2.49. The van der Waals surface area contributed by atoms with E-state index >= 15 is 0 Å². The Morgan fingerprint density at radius 3 is 2.83 bits per heavy atom. The zero-order chi connectivity index (χ0) is 9.14. The van der Waals surface area contributed by atoms with Gasteiger partial charge in [0.15, 0.2) is 0 Å². The van der Waals surface area contributed by atoms with Gasteiger partial charge in [-0.25, -0.2) is 0 Å². The minimum atomic E-state index is 0.308. The number of carbonyl (C=O) groups excluding carboxylic acids is 1. The van der Waals surface area contributed by atoms with Gasteiger partial charge in [0.25, 0.3) is 0 Å². The number of rotatable bonds is 3. The Bertz CT molecular complexity index is 186. The van der Waals surface area contributed by atoms with E-state index in [1.54, 1.807) is 0 Å². The molecule has 0 spiro atoms. The lowest BCUT2D eigenvalue weighted by Gasteiger charge is -2.24. The lowest BCUT2D eigenvalue weighted by Crippen LogP contribution is -2.30. The minimum Gasteiger partial charge on any atom is -0.339 e. The van der Waals surface area contributed by atoms with Gasteiger partial charge in [-0.05, 0) is 18.8 Å². The van der Waals surface area contributed by atoms with Crippen LogP contribution in [0.4, 0.5) is 0 Å². The number of amides is 1. The van der Waals surface area contributed by atoms with E-state index in [-0.39, 0.29) is 0 Å². The van der Waals surface area contributed by atoms with Crippen molar-refractivity contribution in [3.05, 3.63) is 12.2 Å². The Balaban J connectivity index is 2.61. The van der Waals surface area contributed by atoms with Crippen molar-refractivity contribution >= 4 is 6.41 Å². The largest absolute Gasteiger partial charge is 0.339 e. The predicted octanol–water partition coefficient (Wildman–Crippen LogP) is 1.82. The van der Waals surface area contributed by atoms with Crippen molar-refractivity contribution < 1.29 is 4.79 Å². The van der Waals surface area contributed by atoms with Crippen LogP contribution in [0.2, 0.25) is 0 Å². The van der Waals surface area contributed by atoms with E-state index in [4.69, 9.17) is 0 Å². The standard InChI is InChI=1S/C10H17NO/c1-8(2)9(3)10-5-4-6-11(10)7-12/h7-8,10H,3-6H2,1-2H3. The molecular formula is C10H17NO. The molecule has 1 atom stereocenters. The van der Waals surface area contributed by atoms with E-state index in [2.05, 4.69) is 20.4 Å². The number of hydrogen-bond acceptors (Lipinski definition) is 1. The van der Waals surface area contributed by atoms with E-state index in [1.165, 1.54) is 5.57 Å². The third kappa shape index (κ3) is 1.68.